The van der Waals surface area contributed by atoms with E-state index in [1.165, 1.54) is 0 Å². The van der Waals surface area contributed by atoms with E-state index in [9.17, 15) is 4.79 Å². The van der Waals surface area contributed by atoms with Crippen LogP contribution in [0.5, 0.6) is 5.88 Å². The number of ether oxygens (including phenoxy) is 1. The lowest BCUT2D eigenvalue weighted by molar-refractivity contribution is -0.121. The molecule has 0 aliphatic carbocycles. The highest BCUT2D eigenvalue weighted by Crippen LogP contribution is 2.08. The number of pyridine rings is 1. The molecule has 1 aromatic rings. The third-order valence-electron chi connectivity index (χ3n) is 2.63. The lowest BCUT2D eigenvalue weighted by Gasteiger charge is -2.08. The van der Waals surface area contributed by atoms with E-state index in [1.807, 2.05) is 12.1 Å². The van der Waals surface area contributed by atoms with E-state index in [2.05, 4.69) is 29.5 Å². The summed E-state index contributed by atoms with van der Waals surface area (Å²) in [5, 5.41) is 6.17. The van der Waals surface area contributed by atoms with Gasteiger partial charge in [-0.2, -0.15) is 0 Å². The number of amides is 1. The predicted molar refractivity (Wildman–Crippen MR) is 75.0 cm³/mol. The van der Waals surface area contributed by atoms with Crippen LogP contribution in [0.15, 0.2) is 18.3 Å². The standard InChI is InChI=1S/C14H23N3O2/c1-11(2)15-7-4-5-13(18)17-10-12-6-8-16-14(9-12)19-3/h6,8-9,11,15H,4-5,7,10H2,1-3H3,(H,17,18). The maximum Gasteiger partial charge on any atom is 0.220 e. The number of aromatic nitrogens is 1. The Morgan fingerprint density at radius 2 is 2.26 bits per heavy atom. The molecule has 0 saturated heterocycles. The van der Waals surface area contributed by atoms with Crippen molar-refractivity contribution < 1.29 is 9.53 Å². The average molecular weight is 265 g/mol. The molecule has 0 atom stereocenters. The molecule has 1 amide bonds. The van der Waals surface area contributed by atoms with Crippen molar-refractivity contribution in [3.63, 3.8) is 0 Å². The van der Waals surface area contributed by atoms with Crippen LogP contribution in [-0.4, -0.2) is 30.6 Å². The van der Waals surface area contributed by atoms with Crippen LogP contribution in [0.25, 0.3) is 0 Å². The van der Waals surface area contributed by atoms with E-state index in [-0.39, 0.29) is 5.91 Å². The summed E-state index contributed by atoms with van der Waals surface area (Å²) in [4.78, 5) is 15.6. The zero-order valence-electron chi connectivity index (χ0n) is 11.9. The molecule has 0 aliphatic rings. The molecule has 2 N–H and O–H groups in total. The molecule has 106 valence electrons. The van der Waals surface area contributed by atoms with Crippen LogP contribution in [0.2, 0.25) is 0 Å². The summed E-state index contributed by atoms with van der Waals surface area (Å²) >= 11 is 0. The van der Waals surface area contributed by atoms with Gasteiger partial charge in [-0.05, 0) is 24.6 Å². The molecule has 0 aliphatic heterocycles. The first-order valence-corrected chi connectivity index (χ1v) is 6.61. The summed E-state index contributed by atoms with van der Waals surface area (Å²) in [7, 11) is 1.58. The largest absolute Gasteiger partial charge is 0.481 e. The summed E-state index contributed by atoms with van der Waals surface area (Å²) in [6.07, 6.45) is 3.07. The van der Waals surface area contributed by atoms with E-state index in [1.54, 1.807) is 13.3 Å². The summed E-state index contributed by atoms with van der Waals surface area (Å²) in [6.45, 7) is 5.57. The fourth-order valence-electron chi connectivity index (χ4n) is 1.60. The van der Waals surface area contributed by atoms with Gasteiger partial charge in [-0.1, -0.05) is 13.8 Å². The quantitative estimate of drug-likeness (QED) is 0.699. The molecular formula is C14H23N3O2. The Kier molecular flexibility index (Phi) is 6.89. The van der Waals surface area contributed by atoms with Gasteiger partial charge in [-0.25, -0.2) is 4.98 Å². The smallest absolute Gasteiger partial charge is 0.220 e. The second-order valence-electron chi connectivity index (χ2n) is 4.70. The molecular weight excluding hydrogens is 242 g/mol. The van der Waals surface area contributed by atoms with Crippen LogP contribution in [-0.2, 0) is 11.3 Å². The minimum Gasteiger partial charge on any atom is -0.481 e. The third kappa shape index (κ3) is 6.76. The van der Waals surface area contributed by atoms with Gasteiger partial charge in [-0.15, -0.1) is 0 Å². The molecule has 5 heteroatoms. The number of methoxy groups -OCH3 is 1. The van der Waals surface area contributed by atoms with Crippen LogP contribution in [0.4, 0.5) is 0 Å². The van der Waals surface area contributed by atoms with Gasteiger partial charge in [0.1, 0.15) is 0 Å². The van der Waals surface area contributed by atoms with Gasteiger partial charge in [0.15, 0.2) is 0 Å². The molecule has 0 radical (unpaired) electrons. The summed E-state index contributed by atoms with van der Waals surface area (Å²) in [6, 6.07) is 4.15. The Bertz CT molecular complexity index is 394. The Balaban J connectivity index is 2.22. The molecule has 5 nitrogen and oxygen atoms in total. The second kappa shape index (κ2) is 8.48. The van der Waals surface area contributed by atoms with Gasteiger partial charge < -0.3 is 15.4 Å². The number of rotatable bonds is 8. The maximum absolute atomic E-state index is 11.6. The van der Waals surface area contributed by atoms with Crippen molar-refractivity contribution >= 4 is 5.91 Å². The Labute approximate surface area is 114 Å². The van der Waals surface area contributed by atoms with Crippen molar-refractivity contribution in [2.24, 2.45) is 0 Å². The summed E-state index contributed by atoms with van der Waals surface area (Å²) in [5.74, 6) is 0.634. The van der Waals surface area contributed by atoms with E-state index in [0.717, 1.165) is 18.5 Å². The van der Waals surface area contributed by atoms with Crippen molar-refractivity contribution in [1.29, 1.82) is 0 Å². The minimum atomic E-state index is 0.0707. The van der Waals surface area contributed by atoms with E-state index in [0.29, 0.717) is 24.9 Å². The molecule has 19 heavy (non-hydrogen) atoms. The van der Waals surface area contributed by atoms with Crippen molar-refractivity contribution in [2.75, 3.05) is 13.7 Å². The zero-order chi connectivity index (χ0) is 14.1. The van der Waals surface area contributed by atoms with Crippen molar-refractivity contribution in [1.82, 2.24) is 15.6 Å². The molecule has 0 aromatic carbocycles. The Morgan fingerprint density at radius 3 is 2.95 bits per heavy atom. The average Bonchev–Trinajstić information content (AvgIpc) is 2.41. The number of nitrogens with one attached hydrogen (secondary N) is 2. The van der Waals surface area contributed by atoms with Gasteiger partial charge in [0, 0.05) is 31.3 Å². The number of carbonyl (C=O) groups excluding carboxylic acids is 1. The summed E-state index contributed by atoms with van der Waals surface area (Å²) < 4.78 is 5.03. The van der Waals surface area contributed by atoms with E-state index >= 15 is 0 Å². The maximum atomic E-state index is 11.6. The molecule has 1 rings (SSSR count). The van der Waals surface area contributed by atoms with Crippen LogP contribution < -0.4 is 15.4 Å². The molecule has 0 saturated carbocycles. The number of nitrogens with zero attached hydrogens (tertiary/aromatic N) is 1. The lowest BCUT2D eigenvalue weighted by Crippen LogP contribution is -2.27. The summed E-state index contributed by atoms with van der Waals surface area (Å²) in [5.41, 5.74) is 0.987. The number of carbonyl (C=O) groups is 1. The first-order valence-electron chi connectivity index (χ1n) is 6.61. The van der Waals surface area contributed by atoms with Gasteiger partial charge in [0.25, 0.3) is 0 Å². The number of hydrogen-bond acceptors (Lipinski definition) is 4. The highest BCUT2D eigenvalue weighted by Gasteiger charge is 2.02. The fraction of sp³-hybridized carbons (Fsp3) is 0.571. The first-order chi connectivity index (χ1) is 9.11. The normalized spacial score (nSPS) is 10.5. The minimum absolute atomic E-state index is 0.0707. The topological polar surface area (TPSA) is 63.2 Å². The first kappa shape index (κ1) is 15.4. The van der Waals surface area contributed by atoms with Crippen LogP contribution in [0.3, 0.4) is 0 Å². The number of hydrogen-bond donors (Lipinski definition) is 2. The SMILES string of the molecule is COc1cc(CNC(=O)CCCNC(C)C)ccn1. The molecule has 0 unspecified atom stereocenters. The molecule has 0 fully saturated rings. The molecule has 1 heterocycles. The van der Waals surface area contributed by atoms with Gasteiger partial charge in [-0.3, -0.25) is 4.79 Å². The monoisotopic (exact) mass is 265 g/mol. The highest BCUT2D eigenvalue weighted by molar-refractivity contribution is 5.75. The van der Waals surface area contributed by atoms with Gasteiger partial charge in [0.05, 0.1) is 7.11 Å². The molecule has 1 aromatic heterocycles. The van der Waals surface area contributed by atoms with Crippen molar-refractivity contribution in [3.05, 3.63) is 23.9 Å². The highest BCUT2D eigenvalue weighted by atomic mass is 16.5. The Hall–Kier alpha value is -1.62. The van der Waals surface area contributed by atoms with Crippen molar-refractivity contribution in [2.45, 2.75) is 39.3 Å². The Morgan fingerprint density at radius 1 is 1.47 bits per heavy atom. The molecule has 0 spiro atoms. The van der Waals surface area contributed by atoms with Crippen LogP contribution in [0.1, 0.15) is 32.3 Å². The van der Waals surface area contributed by atoms with Crippen LogP contribution >= 0.6 is 0 Å². The van der Waals surface area contributed by atoms with Gasteiger partial charge in [0.2, 0.25) is 11.8 Å². The van der Waals surface area contributed by atoms with Crippen molar-refractivity contribution in [3.8, 4) is 5.88 Å². The molecule has 0 bridgehead atoms. The van der Waals surface area contributed by atoms with Gasteiger partial charge >= 0.3 is 0 Å². The zero-order valence-corrected chi connectivity index (χ0v) is 11.9. The van der Waals surface area contributed by atoms with E-state index < -0.39 is 0 Å². The van der Waals surface area contributed by atoms with Crippen LogP contribution in [0, 0.1) is 0 Å². The predicted octanol–water partition coefficient (Wildman–Crippen LogP) is 1.48. The van der Waals surface area contributed by atoms with E-state index in [4.69, 9.17) is 4.74 Å². The lowest BCUT2D eigenvalue weighted by atomic mass is 10.2. The fourth-order valence-corrected chi connectivity index (χ4v) is 1.60. The third-order valence-corrected chi connectivity index (χ3v) is 2.63. The second-order valence-corrected chi connectivity index (χ2v) is 4.70.